The van der Waals surface area contributed by atoms with Gasteiger partial charge in [0.2, 0.25) is 0 Å². The van der Waals surface area contributed by atoms with Crippen LogP contribution >= 0.6 is 0 Å². The van der Waals surface area contributed by atoms with Gasteiger partial charge in [-0.05, 0) is 68.3 Å². The zero-order chi connectivity index (χ0) is 18.0. The van der Waals surface area contributed by atoms with E-state index in [0.29, 0.717) is 16.6 Å². The highest BCUT2D eigenvalue weighted by molar-refractivity contribution is 6.04. The van der Waals surface area contributed by atoms with Gasteiger partial charge in [0.1, 0.15) is 5.75 Å². The number of fused-ring (bicyclic) bond motifs is 1. The summed E-state index contributed by atoms with van der Waals surface area (Å²) in [4.78, 5) is 16.4. The highest BCUT2D eigenvalue weighted by atomic mass is 16.5. The van der Waals surface area contributed by atoms with E-state index in [2.05, 4.69) is 4.98 Å². The van der Waals surface area contributed by atoms with Gasteiger partial charge in [0.05, 0.1) is 22.9 Å². The van der Waals surface area contributed by atoms with Gasteiger partial charge in [-0.3, -0.25) is 0 Å². The van der Waals surface area contributed by atoms with Crippen molar-refractivity contribution in [2.75, 3.05) is 0 Å². The van der Waals surface area contributed by atoms with Crippen LogP contribution in [0, 0.1) is 0 Å². The van der Waals surface area contributed by atoms with Crippen molar-refractivity contribution < 1.29 is 14.6 Å². The third-order valence-corrected chi connectivity index (χ3v) is 4.03. The van der Waals surface area contributed by atoms with E-state index in [-0.39, 0.29) is 11.7 Å². The average molecular weight is 335 g/mol. The highest BCUT2D eigenvalue weighted by Crippen LogP contribution is 2.27. The van der Waals surface area contributed by atoms with Crippen molar-refractivity contribution in [2.24, 2.45) is 0 Å². The number of carbonyl (C=O) groups is 1. The largest absolute Gasteiger partial charge is 0.491 e. The van der Waals surface area contributed by atoms with Gasteiger partial charge in [-0.2, -0.15) is 0 Å². The van der Waals surface area contributed by atoms with Gasteiger partial charge < -0.3 is 9.84 Å². The van der Waals surface area contributed by atoms with Gasteiger partial charge in [-0.15, -0.1) is 0 Å². The summed E-state index contributed by atoms with van der Waals surface area (Å²) >= 11 is 0. The van der Waals surface area contributed by atoms with E-state index in [0.717, 1.165) is 23.3 Å². The standard InChI is InChI=1S/C21H21NO3/c1-4-14-5-10-19-17(11-14)18(21(23)24)12-20(22-19)15-6-8-16(9-7-15)25-13(2)3/h5-13H,4H2,1-3H3,(H,23,24). The predicted molar refractivity (Wildman–Crippen MR) is 99.3 cm³/mol. The number of pyridine rings is 1. The van der Waals surface area contributed by atoms with E-state index in [9.17, 15) is 9.90 Å². The second-order valence-corrected chi connectivity index (χ2v) is 6.26. The molecular formula is C21H21NO3. The maximum atomic E-state index is 11.7. The van der Waals surface area contributed by atoms with Crippen molar-refractivity contribution in [1.29, 1.82) is 0 Å². The summed E-state index contributed by atoms with van der Waals surface area (Å²) in [7, 11) is 0. The number of benzene rings is 2. The van der Waals surface area contributed by atoms with Crippen LogP contribution in [0.25, 0.3) is 22.2 Å². The molecule has 1 N–H and O–H groups in total. The molecule has 0 atom stereocenters. The van der Waals surface area contributed by atoms with E-state index in [1.54, 1.807) is 6.07 Å². The number of nitrogens with zero attached hydrogens (tertiary/aromatic N) is 1. The van der Waals surface area contributed by atoms with E-state index >= 15 is 0 Å². The Balaban J connectivity index is 2.09. The van der Waals surface area contributed by atoms with Gasteiger partial charge in [0, 0.05) is 10.9 Å². The SMILES string of the molecule is CCc1ccc2nc(-c3ccc(OC(C)C)cc3)cc(C(=O)O)c2c1. The molecule has 0 unspecified atom stereocenters. The Labute approximate surface area is 147 Å². The summed E-state index contributed by atoms with van der Waals surface area (Å²) in [6, 6.07) is 15.0. The van der Waals surface area contributed by atoms with Crippen LogP contribution in [0.1, 0.15) is 36.7 Å². The molecule has 0 saturated carbocycles. The maximum absolute atomic E-state index is 11.7. The number of carboxylic acids is 1. The lowest BCUT2D eigenvalue weighted by atomic mass is 10.0. The number of carboxylic acid groups (broad SMARTS) is 1. The number of hydrogen-bond acceptors (Lipinski definition) is 3. The molecule has 1 aromatic heterocycles. The molecule has 128 valence electrons. The number of rotatable bonds is 5. The lowest BCUT2D eigenvalue weighted by Gasteiger charge is -2.11. The number of aromatic carboxylic acids is 1. The summed E-state index contributed by atoms with van der Waals surface area (Å²) < 4.78 is 5.65. The summed E-state index contributed by atoms with van der Waals surface area (Å²) in [5, 5.41) is 10.3. The quantitative estimate of drug-likeness (QED) is 0.717. The number of aromatic nitrogens is 1. The molecule has 2 aromatic carbocycles. The summed E-state index contributed by atoms with van der Waals surface area (Å²) in [6.07, 6.45) is 0.963. The number of ether oxygens (including phenoxy) is 1. The smallest absolute Gasteiger partial charge is 0.336 e. The third kappa shape index (κ3) is 3.63. The van der Waals surface area contributed by atoms with Crippen LogP contribution in [0.2, 0.25) is 0 Å². The van der Waals surface area contributed by atoms with Crippen LogP contribution in [0.15, 0.2) is 48.5 Å². The van der Waals surface area contributed by atoms with E-state index in [1.165, 1.54) is 0 Å². The second-order valence-electron chi connectivity index (χ2n) is 6.26. The molecule has 0 fully saturated rings. The predicted octanol–water partition coefficient (Wildman–Crippen LogP) is 4.95. The van der Waals surface area contributed by atoms with E-state index in [1.807, 2.05) is 63.2 Å². The number of hydrogen-bond donors (Lipinski definition) is 1. The molecular weight excluding hydrogens is 314 g/mol. The molecule has 0 spiro atoms. The van der Waals surface area contributed by atoms with Crippen LogP contribution in [0.3, 0.4) is 0 Å². The Morgan fingerprint density at radius 1 is 1.12 bits per heavy atom. The van der Waals surface area contributed by atoms with Gasteiger partial charge in [-0.1, -0.05) is 13.0 Å². The highest BCUT2D eigenvalue weighted by Gasteiger charge is 2.13. The minimum atomic E-state index is -0.943. The van der Waals surface area contributed by atoms with Crippen LogP contribution in [-0.4, -0.2) is 22.2 Å². The second kappa shape index (κ2) is 6.93. The fourth-order valence-corrected chi connectivity index (χ4v) is 2.79. The van der Waals surface area contributed by atoms with Gasteiger partial charge in [0.15, 0.2) is 0 Å². The van der Waals surface area contributed by atoms with Crippen molar-refractivity contribution in [3.63, 3.8) is 0 Å². The van der Waals surface area contributed by atoms with Crippen LogP contribution < -0.4 is 4.74 Å². The summed E-state index contributed by atoms with van der Waals surface area (Å²) in [6.45, 7) is 6.00. The minimum Gasteiger partial charge on any atom is -0.491 e. The topological polar surface area (TPSA) is 59.4 Å². The first-order valence-corrected chi connectivity index (χ1v) is 8.42. The molecule has 1 heterocycles. The lowest BCUT2D eigenvalue weighted by molar-refractivity contribution is 0.0699. The molecule has 25 heavy (non-hydrogen) atoms. The Hall–Kier alpha value is -2.88. The van der Waals surface area contributed by atoms with Gasteiger partial charge in [0.25, 0.3) is 0 Å². The normalized spacial score (nSPS) is 11.0. The van der Waals surface area contributed by atoms with Gasteiger partial charge >= 0.3 is 5.97 Å². The first kappa shape index (κ1) is 17.0. The Bertz CT molecular complexity index is 914. The minimum absolute atomic E-state index is 0.107. The molecule has 0 bridgehead atoms. The first-order valence-electron chi connectivity index (χ1n) is 8.42. The van der Waals surface area contributed by atoms with Crippen LogP contribution in [-0.2, 0) is 6.42 Å². The molecule has 3 rings (SSSR count). The number of aryl methyl sites for hydroxylation is 1. The zero-order valence-corrected chi connectivity index (χ0v) is 14.6. The maximum Gasteiger partial charge on any atom is 0.336 e. The Morgan fingerprint density at radius 2 is 1.84 bits per heavy atom. The van der Waals surface area contributed by atoms with Crippen molar-refractivity contribution >= 4 is 16.9 Å². The molecule has 0 aliphatic heterocycles. The van der Waals surface area contributed by atoms with Crippen molar-refractivity contribution in [1.82, 2.24) is 4.98 Å². The Kier molecular flexibility index (Phi) is 4.70. The monoisotopic (exact) mass is 335 g/mol. The molecule has 4 nitrogen and oxygen atoms in total. The van der Waals surface area contributed by atoms with Crippen LogP contribution in [0.5, 0.6) is 5.75 Å². The lowest BCUT2D eigenvalue weighted by Crippen LogP contribution is -2.05. The Morgan fingerprint density at radius 3 is 2.44 bits per heavy atom. The average Bonchev–Trinajstić information content (AvgIpc) is 2.60. The summed E-state index contributed by atoms with van der Waals surface area (Å²) in [5.74, 6) is -0.160. The van der Waals surface area contributed by atoms with Crippen LogP contribution in [0.4, 0.5) is 0 Å². The van der Waals surface area contributed by atoms with E-state index < -0.39 is 5.97 Å². The third-order valence-electron chi connectivity index (χ3n) is 4.03. The molecule has 4 heteroatoms. The summed E-state index contributed by atoms with van der Waals surface area (Å²) in [5.41, 5.74) is 3.57. The molecule has 0 radical (unpaired) electrons. The van der Waals surface area contributed by atoms with E-state index in [4.69, 9.17) is 4.74 Å². The fraction of sp³-hybridized carbons (Fsp3) is 0.238. The first-order chi connectivity index (χ1) is 12.0. The fourth-order valence-electron chi connectivity index (χ4n) is 2.79. The van der Waals surface area contributed by atoms with Gasteiger partial charge in [-0.25, -0.2) is 9.78 Å². The van der Waals surface area contributed by atoms with Crippen molar-refractivity contribution in [3.05, 3.63) is 59.7 Å². The molecule has 0 saturated heterocycles. The molecule has 0 aliphatic carbocycles. The van der Waals surface area contributed by atoms with Crippen molar-refractivity contribution in [2.45, 2.75) is 33.3 Å². The molecule has 3 aromatic rings. The molecule has 0 aliphatic rings. The molecule has 0 amide bonds. The van der Waals surface area contributed by atoms with Crippen molar-refractivity contribution in [3.8, 4) is 17.0 Å². The zero-order valence-electron chi connectivity index (χ0n) is 14.6.